The smallest absolute Gasteiger partial charge is 0.241 e. The first kappa shape index (κ1) is 19.2. The Balaban J connectivity index is 1.52. The Hall–Kier alpha value is -3.82. The Morgan fingerprint density at radius 3 is 2.81 bits per heavy atom. The number of methoxy groups -OCH3 is 1. The van der Waals surface area contributed by atoms with E-state index in [4.69, 9.17) is 20.3 Å². The van der Waals surface area contributed by atoms with Crippen molar-refractivity contribution in [3.05, 3.63) is 36.7 Å². The fourth-order valence-electron chi connectivity index (χ4n) is 3.61. The molecular formula is C21H22N8O2. The molecule has 0 bridgehead atoms. The maximum absolute atomic E-state index is 8.26. The topological polar surface area (TPSA) is 127 Å². The Labute approximate surface area is 177 Å². The Morgan fingerprint density at radius 1 is 1.26 bits per heavy atom. The van der Waals surface area contributed by atoms with Crippen LogP contribution in [0.25, 0.3) is 27.8 Å². The van der Waals surface area contributed by atoms with Crippen LogP contribution in [0.15, 0.2) is 30.9 Å². The fourth-order valence-corrected chi connectivity index (χ4v) is 3.61. The average Bonchev–Trinajstić information content (AvgIpc) is 3.25. The highest BCUT2D eigenvalue weighted by Crippen LogP contribution is 2.46. The van der Waals surface area contributed by atoms with Crippen molar-refractivity contribution in [2.75, 3.05) is 7.11 Å². The minimum Gasteiger partial charge on any atom is -0.479 e. The van der Waals surface area contributed by atoms with E-state index in [9.17, 15) is 0 Å². The molecule has 0 atom stereocenters. The number of aromatic nitrogens is 6. The van der Waals surface area contributed by atoms with Gasteiger partial charge in [0.05, 0.1) is 12.6 Å². The molecule has 31 heavy (non-hydrogen) atoms. The van der Waals surface area contributed by atoms with Crippen LogP contribution in [0.5, 0.6) is 5.88 Å². The van der Waals surface area contributed by atoms with Gasteiger partial charge in [-0.05, 0) is 31.9 Å². The number of imidazole rings is 1. The van der Waals surface area contributed by atoms with Gasteiger partial charge < -0.3 is 14.0 Å². The molecule has 4 aromatic heterocycles. The SMILES string of the molecule is COc1ncnn2ccc(-c3cnc4nc(C)n(CC(=N)OC(=N)C5(C)CC5)c4c3)c12. The molecule has 0 unspecified atom stereocenters. The van der Waals surface area contributed by atoms with Gasteiger partial charge in [-0.25, -0.2) is 14.5 Å². The molecule has 1 aliphatic rings. The van der Waals surface area contributed by atoms with Crippen molar-refractivity contribution in [1.82, 2.24) is 29.1 Å². The molecule has 2 N–H and O–H groups in total. The van der Waals surface area contributed by atoms with Crippen molar-refractivity contribution in [3.8, 4) is 17.0 Å². The normalized spacial score (nSPS) is 14.7. The lowest BCUT2D eigenvalue weighted by Crippen LogP contribution is -2.22. The van der Waals surface area contributed by atoms with Crippen LogP contribution in [0.1, 0.15) is 25.6 Å². The number of pyridine rings is 1. The minimum atomic E-state index is -0.218. The van der Waals surface area contributed by atoms with E-state index < -0.39 is 0 Å². The molecule has 0 aliphatic heterocycles. The number of hydrogen-bond acceptors (Lipinski definition) is 8. The molecule has 5 rings (SSSR count). The third-order valence-electron chi connectivity index (χ3n) is 5.80. The van der Waals surface area contributed by atoms with E-state index in [1.165, 1.54) is 6.33 Å². The molecule has 0 saturated heterocycles. The van der Waals surface area contributed by atoms with E-state index in [1.807, 2.05) is 36.7 Å². The zero-order chi connectivity index (χ0) is 21.8. The molecule has 0 radical (unpaired) electrons. The summed E-state index contributed by atoms with van der Waals surface area (Å²) in [4.78, 5) is 13.2. The van der Waals surface area contributed by atoms with Crippen LogP contribution in [-0.2, 0) is 11.3 Å². The van der Waals surface area contributed by atoms with Crippen LogP contribution in [0, 0.1) is 23.2 Å². The van der Waals surface area contributed by atoms with Gasteiger partial charge in [0.15, 0.2) is 11.5 Å². The second-order valence-corrected chi connectivity index (χ2v) is 8.02. The minimum absolute atomic E-state index is 0.00955. The number of nitrogens with zero attached hydrogens (tertiary/aromatic N) is 6. The highest BCUT2D eigenvalue weighted by molar-refractivity contribution is 5.93. The molecule has 1 saturated carbocycles. The lowest BCUT2D eigenvalue weighted by atomic mass is 10.1. The first-order valence-corrected chi connectivity index (χ1v) is 9.93. The molecule has 1 aliphatic carbocycles. The second kappa shape index (κ2) is 6.86. The quantitative estimate of drug-likeness (QED) is 0.378. The van der Waals surface area contributed by atoms with Crippen LogP contribution >= 0.6 is 0 Å². The Kier molecular flexibility index (Phi) is 4.24. The summed E-state index contributed by atoms with van der Waals surface area (Å²) in [5.41, 5.74) is 3.64. The maximum Gasteiger partial charge on any atom is 0.241 e. The van der Waals surface area contributed by atoms with Gasteiger partial charge in [0.2, 0.25) is 11.8 Å². The van der Waals surface area contributed by atoms with Gasteiger partial charge in [-0.3, -0.25) is 10.8 Å². The Morgan fingerprint density at radius 2 is 2.06 bits per heavy atom. The van der Waals surface area contributed by atoms with Crippen LogP contribution in [-0.4, -0.2) is 48.0 Å². The van der Waals surface area contributed by atoms with Crippen molar-refractivity contribution in [2.45, 2.75) is 33.2 Å². The summed E-state index contributed by atoms with van der Waals surface area (Å²) in [5, 5.41) is 20.6. The summed E-state index contributed by atoms with van der Waals surface area (Å²) < 4.78 is 14.5. The number of rotatable bonds is 5. The van der Waals surface area contributed by atoms with Crippen LogP contribution in [0.4, 0.5) is 0 Å². The van der Waals surface area contributed by atoms with E-state index in [0.29, 0.717) is 11.5 Å². The first-order valence-electron chi connectivity index (χ1n) is 9.93. The lowest BCUT2D eigenvalue weighted by Gasteiger charge is -2.14. The summed E-state index contributed by atoms with van der Waals surface area (Å²) in [5.74, 6) is 1.36. The van der Waals surface area contributed by atoms with Gasteiger partial charge >= 0.3 is 0 Å². The van der Waals surface area contributed by atoms with E-state index in [0.717, 1.165) is 40.8 Å². The molecule has 1 fully saturated rings. The molecule has 4 aromatic rings. The molecule has 0 spiro atoms. The summed E-state index contributed by atoms with van der Waals surface area (Å²) in [6.45, 7) is 4.03. The third-order valence-corrected chi connectivity index (χ3v) is 5.80. The van der Waals surface area contributed by atoms with Gasteiger partial charge in [0, 0.05) is 28.9 Å². The Bertz CT molecular complexity index is 1350. The van der Waals surface area contributed by atoms with Gasteiger partial charge in [-0.15, -0.1) is 0 Å². The number of aryl methyl sites for hydroxylation is 1. The highest BCUT2D eigenvalue weighted by Gasteiger charge is 2.44. The molecule has 10 heteroatoms. The summed E-state index contributed by atoms with van der Waals surface area (Å²) in [6.07, 6.45) is 6.90. The third kappa shape index (κ3) is 3.20. The van der Waals surface area contributed by atoms with Gasteiger partial charge in [0.25, 0.3) is 0 Å². The number of fused-ring (bicyclic) bond motifs is 2. The van der Waals surface area contributed by atoms with Crippen LogP contribution in [0.3, 0.4) is 0 Å². The van der Waals surface area contributed by atoms with E-state index in [2.05, 4.69) is 20.1 Å². The van der Waals surface area contributed by atoms with E-state index in [1.54, 1.807) is 17.8 Å². The second-order valence-electron chi connectivity index (χ2n) is 8.02. The van der Waals surface area contributed by atoms with Crippen molar-refractivity contribution in [3.63, 3.8) is 0 Å². The van der Waals surface area contributed by atoms with Crippen molar-refractivity contribution in [2.24, 2.45) is 5.41 Å². The van der Waals surface area contributed by atoms with Gasteiger partial charge in [-0.2, -0.15) is 10.1 Å². The standard InChI is InChI=1S/C21H22N8O2/c1-12-27-18-15(28(12)10-16(22)31-20(23)21(2)5-6-21)8-13(9-24-18)14-4-7-29-17(14)19(30-3)25-11-26-29/h4,7-9,11,22-23H,5-6,10H2,1-3H3. The molecule has 10 nitrogen and oxygen atoms in total. The van der Waals surface area contributed by atoms with Crippen molar-refractivity contribution in [1.29, 1.82) is 10.8 Å². The number of nitrogens with one attached hydrogen (secondary N) is 2. The van der Waals surface area contributed by atoms with E-state index in [-0.39, 0.29) is 23.8 Å². The van der Waals surface area contributed by atoms with Crippen molar-refractivity contribution < 1.29 is 9.47 Å². The predicted molar refractivity (Wildman–Crippen MR) is 115 cm³/mol. The maximum atomic E-state index is 8.26. The molecule has 4 heterocycles. The average molecular weight is 418 g/mol. The van der Waals surface area contributed by atoms with Crippen molar-refractivity contribution >= 4 is 28.5 Å². The highest BCUT2D eigenvalue weighted by atomic mass is 16.5. The monoisotopic (exact) mass is 418 g/mol. The summed E-state index contributed by atoms with van der Waals surface area (Å²) in [7, 11) is 1.57. The van der Waals surface area contributed by atoms with Gasteiger partial charge in [-0.1, -0.05) is 6.92 Å². The zero-order valence-electron chi connectivity index (χ0n) is 17.5. The lowest BCUT2D eigenvalue weighted by molar-refractivity contribution is 0.399. The predicted octanol–water partition coefficient (Wildman–Crippen LogP) is 3.23. The number of hydrogen-bond donors (Lipinski definition) is 2. The van der Waals surface area contributed by atoms with Crippen LogP contribution < -0.4 is 4.74 Å². The summed E-state index contributed by atoms with van der Waals surface area (Å²) >= 11 is 0. The fraction of sp³-hybridized carbons (Fsp3) is 0.333. The number of ether oxygens (including phenoxy) is 2. The molecule has 0 aromatic carbocycles. The zero-order valence-corrected chi connectivity index (χ0v) is 17.5. The van der Waals surface area contributed by atoms with E-state index >= 15 is 0 Å². The van der Waals surface area contributed by atoms with Crippen LogP contribution in [0.2, 0.25) is 0 Å². The largest absolute Gasteiger partial charge is 0.479 e. The summed E-state index contributed by atoms with van der Waals surface area (Å²) in [6, 6.07) is 3.91. The molecule has 158 valence electrons. The first-order chi connectivity index (χ1) is 14.9. The molecular weight excluding hydrogens is 396 g/mol. The van der Waals surface area contributed by atoms with Gasteiger partial charge in [0.1, 0.15) is 24.2 Å². The molecule has 0 amide bonds.